The minimum Gasteiger partial charge on any atom is -0.394 e. The summed E-state index contributed by atoms with van der Waals surface area (Å²) >= 11 is 0. The first-order valence-electron chi connectivity index (χ1n) is 7.71. The van der Waals surface area contributed by atoms with Gasteiger partial charge in [0.15, 0.2) is 0 Å². The van der Waals surface area contributed by atoms with Crippen LogP contribution in [0.25, 0.3) is 0 Å². The average molecular weight is 294 g/mol. The third kappa shape index (κ3) is 26.4. The fourth-order valence-electron chi connectivity index (χ4n) is 1.03. The van der Waals surface area contributed by atoms with E-state index in [1.54, 1.807) is 0 Å². The van der Waals surface area contributed by atoms with Gasteiger partial charge in [-0.05, 0) is 19.8 Å². The molecule has 20 heavy (non-hydrogen) atoms. The van der Waals surface area contributed by atoms with E-state index >= 15 is 0 Å². The van der Waals surface area contributed by atoms with Crippen LogP contribution in [0.3, 0.4) is 0 Å². The van der Waals surface area contributed by atoms with Gasteiger partial charge in [-0.3, -0.25) is 0 Å². The Morgan fingerprint density at radius 1 is 0.950 bits per heavy atom. The van der Waals surface area contributed by atoms with Crippen LogP contribution >= 0.6 is 0 Å². The molecule has 0 aromatic rings. The molecule has 0 aromatic heterocycles. The summed E-state index contributed by atoms with van der Waals surface area (Å²) < 4.78 is 15.2. The van der Waals surface area contributed by atoms with Crippen LogP contribution in [0.15, 0.2) is 0 Å². The molecule has 0 aliphatic carbocycles. The van der Waals surface area contributed by atoms with Crippen LogP contribution in [0, 0.1) is 0 Å². The van der Waals surface area contributed by atoms with Crippen LogP contribution < -0.4 is 0 Å². The monoisotopic (exact) mass is 294 g/mol. The predicted molar refractivity (Wildman–Crippen MR) is 81.0 cm³/mol. The first-order chi connectivity index (χ1) is 9.68. The van der Waals surface area contributed by atoms with Gasteiger partial charge in [-0.15, -0.1) is 0 Å². The molecule has 0 bridgehead atoms. The summed E-state index contributed by atoms with van der Waals surface area (Å²) in [5, 5.41) is 16.0. The molecule has 5 nitrogen and oxygen atoms in total. The Kier molecular flexibility index (Phi) is 23.3. The Morgan fingerprint density at radius 3 is 1.50 bits per heavy atom. The number of rotatable bonds is 7. The van der Waals surface area contributed by atoms with Crippen molar-refractivity contribution >= 4 is 0 Å². The summed E-state index contributed by atoms with van der Waals surface area (Å²) in [4.78, 5) is 0. The van der Waals surface area contributed by atoms with Gasteiger partial charge in [-0.25, -0.2) is 0 Å². The summed E-state index contributed by atoms with van der Waals surface area (Å²) in [6, 6.07) is 0. The van der Waals surface area contributed by atoms with E-state index in [0.29, 0.717) is 0 Å². The smallest absolute Gasteiger partial charge is 0.0742 e. The first kappa shape index (κ1) is 22.1. The second kappa shape index (κ2) is 21.1. The second-order valence-corrected chi connectivity index (χ2v) is 4.58. The molecule has 1 atom stereocenters. The minimum atomic E-state index is -0.560. The molecule has 124 valence electrons. The number of hydrogen-bond acceptors (Lipinski definition) is 5. The molecule has 1 heterocycles. The van der Waals surface area contributed by atoms with E-state index < -0.39 is 6.10 Å². The topological polar surface area (TPSA) is 68.2 Å². The highest BCUT2D eigenvalue weighted by atomic mass is 16.6. The van der Waals surface area contributed by atoms with E-state index in [9.17, 15) is 0 Å². The van der Waals surface area contributed by atoms with Gasteiger partial charge >= 0.3 is 0 Å². The molecule has 5 heteroatoms. The summed E-state index contributed by atoms with van der Waals surface area (Å²) in [7, 11) is 0. The number of unbranched alkanes of at least 4 members (excludes halogenated alkanes) is 2. The van der Waals surface area contributed by atoms with Crippen molar-refractivity contribution in [2.75, 3.05) is 46.2 Å². The number of aliphatic hydroxyl groups excluding tert-OH is 2. The molecule has 1 fully saturated rings. The van der Waals surface area contributed by atoms with E-state index in [1.165, 1.54) is 32.6 Å². The van der Waals surface area contributed by atoms with Crippen LogP contribution in [0.5, 0.6) is 0 Å². The zero-order valence-electron chi connectivity index (χ0n) is 13.5. The molecule has 1 unspecified atom stereocenters. The molecule has 0 aromatic carbocycles. The number of hydrogen-bond donors (Lipinski definition) is 2. The molecular weight excluding hydrogens is 260 g/mol. The average Bonchev–Trinajstić information content (AvgIpc) is 2.50. The molecule has 1 rings (SSSR count). The number of ether oxygens (including phenoxy) is 3. The zero-order valence-corrected chi connectivity index (χ0v) is 13.5. The summed E-state index contributed by atoms with van der Waals surface area (Å²) in [6.45, 7) is 10.8. The minimum absolute atomic E-state index is 0.139. The van der Waals surface area contributed by atoms with Crippen LogP contribution in [-0.2, 0) is 14.2 Å². The van der Waals surface area contributed by atoms with Crippen LogP contribution in [0.1, 0.15) is 46.5 Å². The van der Waals surface area contributed by atoms with Gasteiger partial charge < -0.3 is 24.4 Å². The lowest BCUT2D eigenvalue weighted by Crippen LogP contribution is -2.16. The van der Waals surface area contributed by atoms with Gasteiger partial charge in [-0.2, -0.15) is 0 Å². The fourth-order valence-corrected chi connectivity index (χ4v) is 1.03. The van der Waals surface area contributed by atoms with Crippen molar-refractivity contribution in [3.05, 3.63) is 0 Å². The molecule has 0 radical (unpaired) electrons. The lowest BCUT2D eigenvalue weighted by atomic mass is 10.3. The van der Waals surface area contributed by atoms with Crippen molar-refractivity contribution in [2.45, 2.75) is 52.6 Å². The number of aliphatic hydroxyl groups is 2. The lowest BCUT2D eigenvalue weighted by Gasteiger charge is -2.09. The van der Waals surface area contributed by atoms with Crippen LogP contribution in [-0.4, -0.2) is 62.6 Å². The standard InChI is InChI=1S/C8H18O.C4H8O2.C3H8O2/c1-3-5-7-9-8-6-4-2;1-2-6-4-3-5-1;1-3(5)2-4/h3-8H2,1-2H3;1-4H2;3-5H,2H2,1H3. The van der Waals surface area contributed by atoms with E-state index in [-0.39, 0.29) is 6.61 Å². The molecule has 0 saturated carbocycles. The van der Waals surface area contributed by atoms with E-state index in [0.717, 1.165) is 39.6 Å². The molecule has 2 N–H and O–H groups in total. The molecule has 0 amide bonds. The Morgan fingerprint density at radius 2 is 1.30 bits per heavy atom. The van der Waals surface area contributed by atoms with Crippen molar-refractivity contribution in [2.24, 2.45) is 0 Å². The van der Waals surface area contributed by atoms with Gasteiger partial charge in [0, 0.05) is 13.2 Å². The lowest BCUT2D eigenvalue weighted by molar-refractivity contribution is -0.0334. The Hall–Kier alpha value is -0.200. The molecule has 1 aliphatic rings. The van der Waals surface area contributed by atoms with Crippen molar-refractivity contribution in [1.82, 2.24) is 0 Å². The Bertz CT molecular complexity index is 132. The van der Waals surface area contributed by atoms with Crippen LogP contribution in [0.2, 0.25) is 0 Å². The quantitative estimate of drug-likeness (QED) is 0.703. The highest BCUT2D eigenvalue weighted by molar-refractivity contribution is 4.37. The largest absolute Gasteiger partial charge is 0.394 e. The maximum atomic E-state index is 8.11. The summed E-state index contributed by atoms with van der Waals surface area (Å²) in [6.07, 6.45) is 4.35. The van der Waals surface area contributed by atoms with Gasteiger partial charge in [0.1, 0.15) is 0 Å². The Labute approximate surface area is 124 Å². The van der Waals surface area contributed by atoms with Crippen molar-refractivity contribution in [1.29, 1.82) is 0 Å². The molecular formula is C15H34O5. The summed E-state index contributed by atoms with van der Waals surface area (Å²) in [5.74, 6) is 0. The van der Waals surface area contributed by atoms with Gasteiger partial charge in [-0.1, -0.05) is 26.7 Å². The third-order valence-corrected chi connectivity index (χ3v) is 2.29. The first-order valence-corrected chi connectivity index (χ1v) is 7.71. The SMILES string of the molecule is C1COCCO1.CC(O)CO.CCCCOCCCC. The van der Waals surface area contributed by atoms with E-state index in [4.69, 9.17) is 24.4 Å². The van der Waals surface area contributed by atoms with Crippen molar-refractivity contribution < 1.29 is 24.4 Å². The normalized spacial score (nSPS) is 15.4. The zero-order chi connectivity index (χ0) is 15.5. The van der Waals surface area contributed by atoms with Crippen molar-refractivity contribution in [3.63, 3.8) is 0 Å². The highest BCUT2D eigenvalue weighted by Gasteiger charge is 1.94. The maximum absolute atomic E-state index is 8.11. The van der Waals surface area contributed by atoms with Crippen molar-refractivity contribution in [3.8, 4) is 0 Å². The molecule has 0 spiro atoms. The Balaban J connectivity index is 0. The third-order valence-electron chi connectivity index (χ3n) is 2.29. The van der Waals surface area contributed by atoms with E-state index in [1.807, 2.05) is 0 Å². The van der Waals surface area contributed by atoms with Gasteiger partial charge in [0.05, 0.1) is 39.1 Å². The molecule has 1 saturated heterocycles. The fraction of sp³-hybridized carbons (Fsp3) is 1.00. The van der Waals surface area contributed by atoms with E-state index in [2.05, 4.69) is 13.8 Å². The highest BCUT2D eigenvalue weighted by Crippen LogP contribution is 1.91. The van der Waals surface area contributed by atoms with Crippen LogP contribution in [0.4, 0.5) is 0 Å². The van der Waals surface area contributed by atoms with Gasteiger partial charge in [0.25, 0.3) is 0 Å². The van der Waals surface area contributed by atoms with Gasteiger partial charge in [0.2, 0.25) is 0 Å². The predicted octanol–water partition coefficient (Wildman–Crippen LogP) is 2.00. The summed E-state index contributed by atoms with van der Waals surface area (Å²) in [5.41, 5.74) is 0. The molecule has 1 aliphatic heterocycles. The maximum Gasteiger partial charge on any atom is 0.0742 e. The second-order valence-electron chi connectivity index (χ2n) is 4.58.